The predicted molar refractivity (Wildman–Crippen MR) is 90.6 cm³/mol. The maximum atomic E-state index is 11.9. The second-order valence-electron chi connectivity index (χ2n) is 5.30. The van der Waals surface area contributed by atoms with Crippen molar-refractivity contribution >= 4 is 21.4 Å². The average molecular weight is 339 g/mol. The van der Waals surface area contributed by atoms with Crippen molar-refractivity contribution in [1.82, 2.24) is 0 Å². The fourth-order valence-corrected chi connectivity index (χ4v) is 3.59. The summed E-state index contributed by atoms with van der Waals surface area (Å²) in [4.78, 5) is 0. The van der Waals surface area contributed by atoms with Crippen LogP contribution < -0.4 is 0 Å². The third kappa shape index (κ3) is 3.19. The number of hydrogen-bond donors (Lipinski definition) is 1. The molecule has 0 saturated carbocycles. The third-order valence-corrected chi connectivity index (χ3v) is 6.90. The number of aliphatic hydroxyl groups is 1. The van der Waals surface area contributed by atoms with E-state index in [9.17, 15) is 13.5 Å². The highest BCUT2D eigenvalue weighted by molar-refractivity contribution is 7.93. The van der Waals surface area contributed by atoms with Crippen LogP contribution in [0.15, 0.2) is 54.6 Å². The van der Waals surface area contributed by atoms with Crippen molar-refractivity contribution in [3.63, 3.8) is 0 Å². The Morgan fingerprint density at radius 1 is 1.05 bits per heavy atom. The second-order valence-corrected chi connectivity index (χ2v) is 8.47. The molecule has 0 spiro atoms. The first-order valence-corrected chi connectivity index (χ1v) is 9.28. The number of rotatable bonds is 5. The number of halogens is 1. The van der Waals surface area contributed by atoms with Gasteiger partial charge >= 0.3 is 0 Å². The highest BCUT2D eigenvalue weighted by Crippen LogP contribution is 2.39. The van der Waals surface area contributed by atoms with E-state index in [0.717, 1.165) is 17.4 Å². The van der Waals surface area contributed by atoms with Gasteiger partial charge in [-0.25, -0.2) is 8.42 Å². The lowest BCUT2D eigenvalue weighted by molar-refractivity contribution is 0.155. The molecule has 118 valence electrons. The van der Waals surface area contributed by atoms with Gasteiger partial charge < -0.3 is 5.11 Å². The van der Waals surface area contributed by atoms with Crippen LogP contribution in [0.3, 0.4) is 0 Å². The number of aliphatic hydroxyl groups excluding tert-OH is 1. The Labute approximate surface area is 136 Å². The van der Waals surface area contributed by atoms with Gasteiger partial charge in [-0.2, -0.15) is 0 Å². The highest BCUT2D eigenvalue weighted by atomic mass is 35.5. The second kappa shape index (κ2) is 6.41. The molecule has 3 nitrogen and oxygen atoms in total. The topological polar surface area (TPSA) is 54.4 Å². The van der Waals surface area contributed by atoms with Crippen molar-refractivity contribution in [1.29, 1.82) is 0 Å². The summed E-state index contributed by atoms with van der Waals surface area (Å²) in [7, 11) is -3.61. The Balaban J connectivity index is 2.35. The van der Waals surface area contributed by atoms with Crippen LogP contribution in [0.1, 0.15) is 25.0 Å². The molecule has 0 aliphatic rings. The van der Waals surface area contributed by atoms with Crippen molar-refractivity contribution in [3.05, 3.63) is 60.2 Å². The van der Waals surface area contributed by atoms with Crippen LogP contribution in [0.5, 0.6) is 0 Å². The molecule has 0 saturated heterocycles. The summed E-state index contributed by atoms with van der Waals surface area (Å²) in [6.07, 6.45) is -0.112. The summed E-state index contributed by atoms with van der Waals surface area (Å²) < 4.78 is 22.1. The number of hydrogen-bond acceptors (Lipinski definition) is 3. The first-order chi connectivity index (χ1) is 10.3. The largest absolute Gasteiger partial charge is 0.385 e. The van der Waals surface area contributed by atoms with Crippen LogP contribution in [-0.4, -0.2) is 24.0 Å². The first-order valence-electron chi connectivity index (χ1n) is 7.01. The Kier molecular flexibility index (Phi) is 4.95. The molecule has 2 atom stereocenters. The molecule has 22 heavy (non-hydrogen) atoms. The van der Waals surface area contributed by atoms with Crippen LogP contribution in [-0.2, 0) is 9.84 Å². The van der Waals surface area contributed by atoms with Crippen LogP contribution in [0.4, 0.5) is 0 Å². The molecule has 2 aromatic rings. The summed E-state index contributed by atoms with van der Waals surface area (Å²) in [6, 6.07) is 16.9. The van der Waals surface area contributed by atoms with Gasteiger partial charge in [-0.1, -0.05) is 73.1 Å². The summed E-state index contributed by atoms with van der Waals surface area (Å²) in [5.74, 6) is 0. The SMILES string of the molecule is CC[C@](Cl)([C@H](O)c1ccc(-c2ccccc2)cc1)S(C)(=O)=O. The van der Waals surface area contributed by atoms with E-state index in [1.54, 1.807) is 19.1 Å². The van der Waals surface area contributed by atoms with Gasteiger partial charge in [0.1, 0.15) is 6.10 Å². The van der Waals surface area contributed by atoms with E-state index >= 15 is 0 Å². The predicted octanol–water partition coefficient (Wildman–Crippen LogP) is 3.78. The van der Waals surface area contributed by atoms with Gasteiger partial charge in [0.05, 0.1) is 0 Å². The van der Waals surface area contributed by atoms with Crippen LogP contribution in [0, 0.1) is 0 Å². The average Bonchev–Trinajstić information content (AvgIpc) is 2.53. The Bertz CT molecular complexity index is 726. The lowest BCUT2D eigenvalue weighted by Crippen LogP contribution is -2.37. The molecule has 0 amide bonds. The van der Waals surface area contributed by atoms with Crippen molar-refractivity contribution < 1.29 is 13.5 Å². The van der Waals surface area contributed by atoms with Gasteiger partial charge in [-0.15, -0.1) is 0 Å². The lowest BCUT2D eigenvalue weighted by atomic mass is 9.99. The zero-order valence-corrected chi connectivity index (χ0v) is 14.1. The summed E-state index contributed by atoms with van der Waals surface area (Å²) >= 11 is 6.20. The molecule has 0 bridgehead atoms. The lowest BCUT2D eigenvalue weighted by Gasteiger charge is -2.29. The van der Waals surface area contributed by atoms with Gasteiger partial charge in [0, 0.05) is 6.26 Å². The van der Waals surface area contributed by atoms with E-state index < -0.39 is 20.1 Å². The van der Waals surface area contributed by atoms with Gasteiger partial charge in [0.25, 0.3) is 0 Å². The minimum atomic E-state index is -3.61. The van der Waals surface area contributed by atoms with Crippen LogP contribution >= 0.6 is 11.6 Å². The molecule has 0 radical (unpaired) electrons. The van der Waals surface area contributed by atoms with Crippen LogP contribution in [0.2, 0.25) is 0 Å². The molecular weight excluding hydrogens is 320 g/mol. The monoisotopic (exact) mass is 338 g/mol. The van der Waals surface area contributed by atoms with E-state index in [4.69, 9.17) is 11.6 Å². The quantitative estimate of drug-likeness (QED) is 0.844. The Morgan fingerprint density at radius 2 is 1.55 bits per heavy atom. The number of alkyl halides is 1. The van der Waals surface area contributed by atoms with Gasteiger partial charge in [0.2, 0.25) is 0 Å². The molecule has 0 fully saturated rings. The van der Waals surface area contributed by atoms with Crippen molar-refractivity contribution in [2.45, 2.75) is 23.7 Å². The third-order valence-electron chi connectivity index (χ3n) is 3.84. The van der Waals surface area contributed by atoms with E-state index in [2.05, 4.69) is 0 Å². The smallest absolute Gasteiger partial charge is 0.174 e. The van der Waals surface area contributed by atoms with E-state index in [1.807, 2.05) is 42.5 Å². The fourth-order valence-electron chi connectivity index (χ4n) is 2.40. The first kappa shape index (κ1) is 17.0. The molecule has 0 heterocycles. The maximum Gasteiger partial charge on any atom is 0.174 e. The Morgan fingerprint density at radius 3 is 2.00 bits per heavy atom. The molecule has 0 unspecified atom stereocenters. The van der Waals surface area contributed by atoms with E-state index in [-0.39, 0.29) is 6.42 Å². The molecule has 0 aliphatic heterocycles. The molecule has 5 heteroatoms. The molecule has 0 aromatic heterocycles. The highest BCUT2D eigenvalue weighted by Gasteiger charge is 2.44. The summed E-state index contributed by atoms with van der Waals surface area (Å²) in [5, 5.41) is 10.4. The standard InChI is InChI=1S/C17H19ClO3S/c1-3-17(18,22(2,20)21)16(19)15-11-9-14(10-12-15)13-7-5-4-6-8-13/h4-12,16,19H,3H2,1-2H3/t16-,17-/m1/s1. The van der Waals surface area contributed by atoms with E-state index in [1.165, 1.54) is 0 Å². The minimum Gasteiger partial charge on any atom is -0.385 e. The molecular formula is C17H19ClO3S. The van der Waals surface area contributed by atoms with Crippen LogP contribution in [0.25, 0.3) is 11.1 Å². The van der Waals surface area contributed by atoms with Gasteiger partial charge in [-0.3, -0.25) is 0 Å². The molecule has 1 N–H and O–H groups in total. The normalized spacial score (nSPS) is 16.0. The van der Waals surface area contributed by atoms with Crippen molar-refractivity contribution in [2.24, 2.45) is 0 Å². The molecule has 2 aromatic carbocycles. The van der Waals surface area contributed by atoms with Crippen molar-refractivity contribution in [3.8, 4) is 11.1 Å². The maximum absolute atomic E-state index is 11.9. The number of sulfone groups is 1. The zero-order valence-electron chi connectivity index (χ0n) is 12.5. The summed E-state index contributed by atoms with van der Waals surface area (Å²) in [5.41, 5.74) is 2.54. The van der Waals surface area contributed by atoms with E-state index in [0.29, 0.717) is 5.56 Å². The molecule has 0 aliphatic carbocycles. The molecule has 2 rings (SSSR count). The van der Waals surface area contributed by atoms with Crippen molar-refractivity contribution in [2.75, 3.05) is 6.26 Å². The zero-order chi connectivity index (χ0) is 16.4. The van der Waals surface area contributed by atoms with Gasteiger partial charge in [-0.05, 0) is 23.1 Å². The minimum absolute atomic E-state index is 0.120. The summed E-state index contributed by atoms with van der Waals surface area (Å²) in [6.45, 7) is 1.65. The number of benzene rings is 2. The Hall–Kier alpha value is -1.36. The van der Waals surface area contributed by atoms with Gasteiger partial charge in [0.15, 0.2) is 14.0 Å². The fraction of sp³-hybridized carbons (Fsp3) is 0.294.